The molecule has 1 aliphatic carbocycles. The van der Waals surface area contributed by atoms with Crippen molar-refractivity contribution in [3.63, 3.8) is 0 Å². The summed E-state index contributed by atoms with van der Waals surface area (Å²) in [6.07, 6.45) is 3.58. The Morgan fingerprint density at radius 3 is 2.49 bits per heavy atom. The first-order valence-electron chi connectivity index (χ1n) is 13.2. The van der Waals surface area contributed by atoms with E-state index in [2.05, 4.69) is 33.7 Å². The number of fused-ring (bicyclic) bond motifs is 2. The number of rotatable bonds is 7. The lowest BCUT2D eigenvalue weighted by Crippen LogP contribution is -2.53. The van der Waals surface area contributed by atoms with Gasteiger partial charge in [-0.2, -0.15) is 0 Å². The van der Waals surface area contributed by atoms with Gasteiger partial charge in [-0.1, -0.05) is 35.9 Å². The number of piperazine rings is 1. The lowest BCUT2D eigenvalue weighted by Gasteiger charge is -2.45. The topological polar surface area (TPSA) is 94.1 Å². The van der Waals surface area contributed by atoms with Crippen LogP contribution < -0.4 is 10.6 Å². The van der Waals surface area contributed by atoms with Gasteiger partial charge >= 0.3 is 6.03 Å². The van der Waals surface area contributed by atoms with Crippen molar-refractivity contribution in [2.45, 2.75) is 37.1 Å². The molecule has 5 rings (SSSR count). The number of carbonyl (C=O) groups excluding carboxylic acids is 2. The summed E-state index contributed by atoms with van der Waals surface area (Å²) in [4.78, 5) is 29.7. The van der Waals surface area contributed by atoms with Gasteiger partial charge in [-0.25, -0.2) is 4.79 Å². The van der Waals surface area contributed by atoms with Crippen molar-refractivity contribution in [1.29, 1.82) is 0 Å². The van der Waals surface area contributed by atoms with E-state index in [-0.39, 0.29) is 24.1 Å². The summed E-state index contributed by atoms with van der Waals surface area (Å²) < 4.78 is 5.35. The number of aliphatic hydroxyl groups excluding tert-OH is 1. The highest BCUT2D eigenvalue weighted by atomic mass is 35.5. The summed E-state index contributed by atoms with van der Waals surface area (Å²) in [5.41, 5.74) is 3.37. The molecule has 0 bridgehead atoms. The van der Waals surface area contributed by atoms with Gasteiger partial charge in [0, 0.05) is 43.9 Å². The number of carbonyl (C=O) groups is 2. The summed E-state index contributed by atoms with van der Waals surface area (Å²) in [6, 6.07) is 13.7. The van der Waals surface area contributed by atoms with Crippen LogP contribution in [-0.4, -0.2) is 79.4 Å². The third-order valence-corrected chi connectivity index (χ3v) is 8.35. The smallest absolute Gasteiger partial charge is 0.319 e. The fraction of sp³-hybridized carbons (Fsp3) is 0.500. The Balaban J connectivity index is 1.16. The van der Waals surface area contributed by atoms with Crippen molar-refractivity contribution in [3.05, 3.63) is 64.2 Å². The Hall–Kier alpha value is -2.65. The van der Waals surface area contributed by atoms with Crippen molar-refractivity contribution >= 4 is 29.2 Å². The molecule has 1 spiro atoms. The molecule has 3 amide bonds. The molecule has 9 heteroatoms. The fourth-order valence-corrected chi connectivity index (χ4v) is 6.15. The summed E-state index contributed by atoms with van der Waals surface area (Å²) in [7, 11) is 0. The van der Waals surface area contributed by atoms with Crippen molar-refractivity contribution in [2.24, 2.45) is 0 Å². The second-order valence-corrected chi connectivity index (χ2v) is 10.6. The molecule has 3 N–H and O–H groups in total. The summed E-state index contributed by atoms with van der Waals surface area (Å²) in [5, 5.41) is 15.4. The Kier molecular flexibility index (Phi) is 8.00. The molecular formula is C28H35ClN4O4. The molecule has 1 saturated carbocycles. The first-order valence-corrected chi connectivity index (χ1v) is 13.6. The predicted octanol–water partition coefficient (Wildman–Crippen LogP) is 3.79. The van der Waals surface area contributed by atoms with Gasteiger partial charge in [0.25, 0.3) is 5.91 Å². The second-order valence-electron chi connectivity index (χ2n) is 10.2. The number of benzene rings is 2. The molecule has 0 atom stereocenters. The summed E-state index contributed by atoms with van der Waals surface area (Å²) in [6.45, 7) is 4.90. The fourth-order valence-electron chi connectivity index (χ4n) is 5.93. The molecule has 0 unspecified atom stereocenters. The van der Waals surface area contributed by atoms with Crippen molar-refractivity contribution in [3.8, 4) is 0 Å². The van der Waals surface area contributed by atoms with Crippen LogP contribution >= 0.6 is 11.6 Å². The maximum Gasteiger partial charge on any atom is 0.319 e. The molecule has 3 aliphatic rings. The van der Waals surface area contributed by atoms with Crippen LogP contribution in [0.4, 0.5) is 10.5 Å². The zero-order chi connectivity index (χ0) is 25.8. The molecular weight excluding hydrogens is 492 g/mol. The van der Waals surface area contributed by atoms with E-state index < -0.39 is 0 Å². The van der Waals surface area contributed by atoms with Gasteiger partial charge in [0.05, 0.1) is 36.1 Å². The molecule has 0 radical (unpaired) electrons. The molecule has 2 aromatic carbocycles. The van der Waals surface area contributed by atoms with Crippen LogP contribution in [0.15, 0.2) is 42.5 Å². The first kappa shape index (κ1) is 26.0. The number of amides is 3. The van der Waals surface area contributed by atoms with Crippen LogP contribution in [0.3, 0.4) is 0 Å². The average molecular weight is 527 g/mol. The third kappa shape index (κ3) is 5.62. The average Bonchev–Trinajstić information content (AvgIpc) is 2.92. The van der Waals surface area contributed by atoms with Gasteiger partial charge in [0.1, 0.15) is 0 Å². The zero-order valence-electron chi connectivity index (χ0n) is 21.0. The number of anilines is 1. The van der Waals surface area contributed by atoms with Crippen LogP contribution in [-0.2, 0) is 10.3 Å². The highest BCUT2D eigenvalue weighted by Gasteiger charge is 2.43. The number of para-hydroxylation sites is 1. The van der Waals surface area contributed by atoms with Gasteiger partial charge in [-0.05, 0) is 55.4 Å². The maximum atomic E-state index is 13.1. The minimum absolute atomic E-state index is 0.0440. The number of halogens is 1. The van der Waals surface area contributed by atoms with Crippen molar-refractivity contribution in [1.82, 2.24) is 15.1 Å². The maximum absolute atomic E-state index is 13.1. The zero-order valence-corrected chi connectivity index (χ0v) is 21.8. The van der Waals surface area contributed by atoms with Crippen LogP contribution in [0.5, 0.6) is 0 Å². The number of hydrogen-bond donors (Lipinski definition) is 3. The lowest BCUT2D eigenvalue weighted by molar-refractivity contribution is 0.0486. The van der Waals surface area contributed by atoms with Gasteiger partial charge in [0.15, 0.2) is 0 Å². The number of hydrogen-bond acceptors (Lipinski definition) is 5. The summed E-state index contributed by atoms with van der Waals surface area (Å²) in [5.74, 6) is 0.469. The van der Waals surface area contributed by atoms with E-state index in [1.165, 1.54) is 5.56 Å². The lowest BCUT2D eigenvalue weighted by atomic mass is 9.70. The molecule has 2 aliphatic heterocycles. The largest absolute Gasteiger partial charge is 0.394 e. The molecule has 198 valence electrons. The highest BCUT2D eigenvalue weighted by molar-refractivity contribution is 6.34. The van der Waals surface area contributed by atoms with Crippen molar-refractivity contribution < 1.29 is 19.4 Å². The monoisotopic (exact) mass is 526 g/mol. The number of nitrogens with zero attached hydrogens (tertiary/aromatic N) is 2. The Labute approximate surface area is 222 Å². The van der Waals surface area contributed by atoms with E-state index in [1.807, 2.05) is 29.2 Å². The van der Waals surface area contributed by atoms with Crippen LogP contribution in [0.1, 0.15) is 53.1 Å². The number of urea groups is 1. The van der Waals surface area contributed by atoms with Crippen LogP contribution in [0.2, 0.25) is 5.02 Å². The minimum Gasteiger partial charge on any atom is -0.394 e. The van der Waals surface area contributed by atoms with Crippen LogP contribution in [0, 0.1) is 0 Å². The molecule has 37 heavy (non-hydrogen) atoms. The Morgan fingerprint density at radius 2 is 1.78 bits per heavy atom. The van der Waals surface area contributed by atoms with Crippen LogP contribution in [0.25, 0.3) is 0 Å². The van der Waals surface area contributed by atoms with E-state index in [1.54, 1.807) is 0 Å². The van der Waals surface area contributed by atoms with E-state index in [4.69, 9.17) is 21.4 Å². The number of ether oxygens (including phenoxy) is 1. The van der Waals surface area contributed by atoms with E-state index >= 15 is 0 Å². The Bertz CT molecular complexity index is 1110. The van der Waals surface area contributed by atoms with Gasteiger partial charge in [0.2, 0.25) is 0 Å². The number of nitrogens with one attached hydrogen (secondary N) is 2. The number of aliphatic hydroxyl groups is 1. The van der Waals surface area contributed by atoms with E-state index in [0.29, 0.717) is 37.2 Å². The third-order valence-electron chi connectivity index (χ3n) is 8.04. The molecule has 2 heterocycles. The van der Waals surface area contributed by atoms with E-state index in [9.17, 15) is 9.59 Å². The minimum atomic E-state index is -0.387. The van der Waals surface area contributed by atoms with Gasteiger partial charge in [-0.3, -0.25) is 9.69 Å². The summed E-state index contributed by atoms with van der Waals surface area (Å²) >= 11 is 6.38. The second kappa shape index (κ2) is 11.4. The van der Waals surface area contributed by atoms with Crippen molar-refractivity contribution in [2.75, 3.05) is 57.9 Å². The first-order chi connectivity index (χ1) is 18.0. The molecule has 0 aromatic heterocycles. The molecule has 2 aromatic rings. The SMILES string of the molecule is O=C1Nc2c(Cl)cccc2C2(CCC(c3ccc(C(=O)N4CCN(CCOCCO)CC4)cc3)CC2)N1. The van der Waals surface area contributed by atoms with Gasteiger partial charge in [-0.15, -0.1) is 0 Å². The normalized spacial score (nSPS) is 23.9. The highest BCUT2D eigenvalue weighted by Crippen LogP contribution is 2.48. The quantitative estimate of drug-likeness (QED) is 0.477. The molecule has 8 nitrogen and oxygen atoms in total. The van der Waals surface area contributed by atoms with Gasteiger partial charge < -0.3 is 25.4 Å². The predicted molar refractivity (Wildman–Crippen MR) is 143 cm³/mol. The Morgan fingerprint density at radius 1 is 1.05 bits per heavy atom. The molecule has 1 saturated heterocycles. The molecule has 2 fully saturated rings. The standard InChI is InChI=1S/C28H35ClN4O4/c29-24-3-1-2-23-25(24)30-27(36)31-28(23)10-8-21(9-11-28)20-4-6-22(7-5-20)26(35)33-14-12-32(13-15-33)16-18-37-19-17-34/h1-7,21,34H,8-19H2,(H2,30,31,36). The van der Waals surface area contributed by atoms with E-state index in [0.717, 1.165) is 62.1 Å².